The van der Waals surface area contributed by atoms with Crippen LogP contribution >= 0.6 is 0 Å². The van der Waals surface area contributed by atoms with Crippen molar-refractivity contribution in [2.45, 2.75) is 44.4 Å². The third-order valence-corrected chi connectivity index (χ3v) is 4.06. The minimum absolute atomic E-state index is 0.0118. The molecular weight excluding hydrogens is 323 g/mol. The van der Waals surface area contributed by atoms with Gasteiger partial charge in [-0.05, 0) is 37.5 Å². The highest BCUT2D eigenvalue weighted by Gasteiger charge is 2.31. The number of piperidine rings is 1. The van der Waals surface area contributed by atoms with E-state index in [9.17, 15) is 18.0 Å². The summed E-state index contributed by atoms with van der Waals surface area (Å²) in [6.45, 7) is -0.534. The molecule has 1 aliphatic heterocycles. The van der Waals surface area contributed by atoms with Crippen molar-refractivity contribution in [2.24, 2.45) is 0 Å². The Labute approximate surface area is 137 Å². The molecule has 1 fully saturated rings. The molecule has 0 saturated carbocycles. The van der Waals surface area contributed by atoms with E-state index in [0.29, 0.717) is 12.2 Å². The van der Waals surface area contributed by atoms with Crippen molar-refractivity contribution in [3.05, 3.63) is 42.1 Å². The first kappa shape index (κ1) is 16.6. The third-order valence-electron chi connectivity index (χ3n) is 4.06. The lowest BCUT2D eigenvalue weighted by Crippen LogP contribution is -2.39. The summed E-state index contributed by atoms with van der Waals surface area (Å²) < 4.78 is 43.3. The molecule has 3 rings (SSSR count). The number of alkyl halides is 3. The monoisotopic (exact) mass is 341 g/mol. The Balaban J connectivity index is 1.67. The van der Waals surface area contributed by atoms with Gasteiger partial charge >= 0.3 is 6.18 Å². The lowest BCUT2D eigenvalue weighted by molar-refractivity contribution is -0.142. The summed E-state index contributed by atoms with van der Waals surface area (Å²) in [6, 6.07) is 4.97. The summed E-state index contributed by atoms with van der Waals surface area (Å²) >= 11 is 0. The van der Waals surface area contributed by atoms with Crippen molar-refractivity contribution in [3.8, 4) is 0 Å². The highest BCUT2D eigenvalue weighted by atomic mass is 19.4. The fraction of sp³-hybridized carbons (Fsp3) is 0.500. The number of carbonyl (C=O) groups is 1. The lowest BCUT2D eigenvalue weighted by Gasteiger charge is -2.34. The summed E-state index contributed by atoms with van der Waals surface area (Å²) in [6.07, 6.45) is 1.22. The zero-order valence-corrected chi connectivity index (χ0v) is 13.0. The normalized spacial score (nSPS) is 18.8. The number of furan rings is 1. The topological polar surface area (TPSA) is 51.3 Å². The first-order chi connectivity index (χ1) is 11.4. The molecule has 0 bridgehead atoms. The van der Waals surface area contributed by atoms with Crippen LogP contribution in [0.4, 0.5) is 13.2 Å². The summed E-state index contributed by atoms with van der Waals surface area (Å²) in [5.74, 6) is 0.596. The first-order valence-corrected chi connectivity index (χ1v) is 7.84. The molecule has 0 aliphatic carbocycles. The van der Waals surface area contributed by atoms with Crippen LogP contribution in [0.5, 0.6) is 0 Å². The van der Waals surface area contributed by atoms with Gasteiger partial charge in [-0.1, -0.05) is 0 Å². The van der Waals surface area contributed by atoms with Gasteiger partial charge in [-0.15, -0.1) is 0 Å². The number of rotatable bonds is 4. The van der Waals surface area contributed by atoms with Gasteiger partial charge in [-0.25, -0.2) is 0 Å². The quantitative estimate of drug-likeness (QED) is 0.857. The van der Waals surface area contributed by atoms with Gasteiger partial charge in [0.25, 0.3) is 0 Å². The van der Waals surface area contributed by atoms with Gasteiger partial charge in [-0.3, -0.25) is 9.48 Å². The second kappa shape index (κ2) is 6.70. The molecule has 3 heterocycles. The van der Waals surface area contributed by atoms with Gasteiger partial charge in [0.05, 0.1) is 24.4 Å². The van der Waals surface area contributed by atoms with Gasteiger partial charge < -0.3 is 9.32 Å². The highest BCUT2D eigenvalue weighted by Crippen LogP contribution is 2.31. The maximum atomic E-state index is 12.6. The van der Waals surface area contributed by atoms with Crippen molar-refractivity contribution in [1.29, 1.82) is 0 Å². The van der Waals surface area contributed by atoms with Crippen molar-refractivity contribution in [2.75, 3.05) is 6.54 Å². The molecule has 8 heteroatoms. The Morgan fingerprint density at radius 3 is 2.88 bits per heavy atom. The number of aromatic nitrogens is 2. The third kappa shape index (κ3) is 3.98. The van der Waals surface area contributed by atoms with E-state index in [1.165, 1.54) is 12.3 Å². The molecule has 1 aliphatic rings. The Morgan fingerprint density at radius 1 is 1.33 bits per heavy atom. The van der Waals surface area contributed by atoms with Crippen LogP contribution in [0.25, 0.3) is 0 Å². The smallest absolute Gasteiger partial charge is 0.408 e. The Morgan fingerprint density at radius 2 is 2.17 bits per heavy atom. The van der Waals surface area contributed by atoms with Gasteiger partial charge in [0.2, 0.25) is 5.91 Å². The van der Waals surface area contributed by atoms with E-state index in [4.69, 9.17) is 4.42 Å². The van der Waals surface area contributed by atoms with Crippen LogP contribution in [-0.4, -0.2) is 33.3 Å². The first-order valence-electron chi connectivity index (χ1n) is 7.84. The van der Waals surface area contributed by atoms with E-state index >= 15 is 0 Å². The molecule has 0 N–H and O–H groups in total. The fourth-order valence-electron chi connectivity index (χ4n) is 3.03. The maximum Gasteiger partial charge on any atom is 0.408 e. The molecule has 2 aromatic rings. The predicted molar refractivity (Wildman–Crippen MR) is 79.0 cm³/mol. The van der Waals surface area contributed by atoms with Crippen LogP contribution < -0.4 is 0 Å². The van der Waals surface area contributed by atoms with E-state index in [2.05, 4.69) is 5.10 Å². The number of amides is 1. The number of hydrogen-bond donors (Lipinski definition) is 0. The van der Waals surface area contributed by atoms with Gasteiger partial charge in [0, 0.05) is 12.7 Å². The van der Waals surface area contributed by atoms with E-state index in [0.717, 1.165) is 29.7 Å². The second-order valence-corrected chi connectivity index (χ2v) is 5.91. The molecular formula is C16H18F3N3O2. The standard InChI is InChI=1S/C16H18F3N3O2/c17-16(18,19)11-21-8-6-12(20-21)10-15(23)22-7-2-1-4-13(22)14-5-3-9-24-14/h3,5-6,8-9,13H,1-2,4,7,10-11H2. The average molecular weight is 341 g/mol. The van der Waals surface area contributed by atoms with E-state index in [1.54, 1.807) is 17.2 Å². The summed E-state index contributed by atoms with van der Waals surface area (Å²) in [5, 5.41) is 3.84. The van der Waals surface area contributed by atoms with Crippen molar-refractivity contribution in [1.82, 2.24) is 14.7 Å². The molecule has 1 atom stereocenters. The lowest BCUT2D eigenvalue weighted by atomic mass is 9.99. The Bertz CT molecular complexity index is 679. The molecule has 5 nitrogen and oxygen atoms in total. The highest BCUT2D eigenvalue weighted by molar-refractivity contribution is 5.78. The molecule has 2 aromatic heterocycles. The van der Waals surface area contributed by atoms with Crippen LogP contribution in [0.3, 0.4) is 0 Å². The van der Waals surface area contributed by atoms with Gasteiger partial charge in [0.15, 0.2) is 0 Å². The van der Waals surface area contributed by atoms with Crippen LogP contribution in [0.1, 0.15) is 36.8 Å². The van der Waals surface area contributed by atoms with Crippen LogP contribution in [0.2, 0.25) is 0 Å². The SMILES string of the molecule is O=C(Cc1ccn(CC(F)(F)F)n1)N1CCCCC1c1ccco1. The zero-order chi connectivity index (χ0) is 17.2. The minimum Gasteiger partial charge on any atom is -0.467 e. The molecule has 0 aromatic carbocycles. The van der Waals surface area contributed by atoms with Crippen LogP contribution in [-0.2, 0) is 17.8 Å². The van der Waals surface area contributed by atoms with E-state index in [1.807, 2.05) is 6.07 Å². The second-order valence-electron chi connectivity index (χ2n) is 5.91. The number of likely N-dealkylation sites (tertiary alicyclic amines) is 1. The summed E-state index contributed by atoms with van der Waals surface area (Å²) in [7, 11) is 0. The van der Waals surface area contributed by atoms with Crippen molar-refractivity contribution >= 4 is 5.91 Å². The Hall–Kier alpha value is -2.25. The number of carbonyl (C=O) groups excluding carboxylic acids is 1. The largest absolute Gasteiger partial charge is 0.467 e. The molecule has 130 valence electrons. The van der Waals surface area contributed by atoms with Gasteiger partial charge in [0.1, 0.15) is 12.3 Å². The number of halogens is 3. The average Bonchev–Trinajstić information content (AvgIpc) is 3.17. The van der Waals surface area contributed by atoms with Crippen molar-refractivity contribution < 1.29 is 22.4 Å². The Kier molecular flexibility index (Phi) is 4.64. The molecule has 0 spiro atoms. The molecule has 1 saturated heterocycles. The van der Waals surface area contributed by atoms with E-state index in [-0.39, 0.29) is 18.4 Å². The fourth-order valence-corrected chi connectivity index (χ4v) is 3.03. The summed E-state index contributed by atoms with van der Waals surface area (Å²) in [4.78, 5) is 14.3. The van der Waals surface area contributed by atoms with Crippen LogP contribution in [0, 0.1) is 0 Å². The predicted octanol–water partition coefficient (Wildman–Crippen LogP) is 3.33. The minimum atomic E-state index is -4.33. The van der Waals surface area contributed by atoms with Gasteiger partial charge in [-0.2, -0.15) is 18.3 Å². The number of nitrogens with zero attached hydrogens (tertiary/aromatic N) is 3. The maximum absolute atomic E-state index is 12.6. The summed E-state index contributed by atoms with van der Waals surface area (Å²) in [5.41, 5.74) is 0.341. The molecule has 0 radical (unpaired) electrons. The number of hydrogen-bond acceptors (Lipinski definition) is 3. The van der Waals surface area contributed by atoms with E-state index < -0.39 is 12.7 Å². The molecule has 1 unspecified atom stereocenters. The molecule has 24 heavy (non-hydrogen) atoms. The van der Waals surface area contributed by atoms with Crippen molar-refractivity contribution in [3.63, 3.8) is 0 Å². The zero-order valence-electron chi connectivity index (χ0n) is 13.0. The molecule has 1 amide bonds. The van der Waals surface area contributed by atoms with Crippen LogP contribution in [0.15, 0.2) is 35.1 Å².